The van der Waals surface area contributed by atoms with Crippen LogP contribution >= 0.6 is 0 Å². The second-order valence-electron chi connectivity index (χ2n) is 6.83. The Bertz CT molecular complexity index is 978. The molecule has 0 spiro atoms. The molecule has 1 fully saturated rings. The summed E-state index contributed by atoms with van der Waals surface area (Å²) in [5.41, 5.74) is 2.78. The van der Waals surface area contributed by atoms with E-state index < -0.39 is 0 Å². The van der Waals surface area contributed by atoms with Crippen molar-refractivity contribution in [3.8, 4) is 0 Å². The van der Waals surface area contributed by atoms with Gasteiger partial charge >= 0.3 is 0 Å². The van der Waals surface area contributed by atoms with Crippen molar-refractivity contribution >= 4 is 23.4 Å². The molecule has 1 N–H and O–H groups in total. The predicted octanol–water partition coefficient (Wildman–Crippen LogP) is 2.66. The van der Waals surface area contributed by atoms with Crippen molar-refractivity contribution in [3.63, 3.8) is 0 Å². The zero-order valence-corrected chi connectivity index (χ0v) is 15.9. The van der Waals surface area contributed by atoms with Crippen molar-refractivity contribution in [1.29, 1.82) is 0 Å². The quantitative estimate of drug-likeness (QED) is 0.747. The van der Waals surface area contributed by atoms with Gasteiger partial charge in [0.15, 0.2) is 5.82 Å². The zero-order valence-electron chi connectivity index (χ0n) is 15.9. The molecule has 1 aliphatic heterocycles. The molecule has 8 nitrogen and oxygen atoms in total. The Kier molecular flexibility index (Phi) is 4.92. The molecule has 3 heterocycles. The Balaban J connectivity index is 1.41. The van der Waals surface area contributed by atoms with Gasteiger partial charge in [0.1, 0.15) is 11.5 Å². The number of aromatic nitrogens is 3. The van der Waals surface area contributed by atoms with Crippen LogP contribution in [0.3, 0.4) is 0 Å². The smallest absolute Gasteiger partial charge is 0.275 e. The topological polar surface area (TPSA) is 87.4 Å². The molecule has 0 bridgehead atoms. The van der Waals surface area contributed by atoms with Crippen LogP contribution in [0.4, 0.5) is 17.5 Å². The minimum Gasteiger partial charge on any atom is -0.368 e. The molecule has 1 aromatic carbocycles. The molecule has 144 valence electrons. The molecule has 0 radical (unpaired) electrons. The number of nitrogens with zero attached hydrogens (tertiary/aromatic N) is 5. The average Bonchev–Trinajstić information content (AvgIpc) is 3.13. The summed E-state index contributed by atoms with van der Waals surface area (Å²) >= 11 is 0. The molecule has 1 aliphatic rings. The number of hydrogen-bond donors (Lipinski definition) is 1. The van der Waals surface area contributed by atoms with E-state index in [4.69, 9.17) is 4.52 Å². The van der Waals surface area contributed by atoms with E-state index in [0.717, 1.165) is 26.2 Å². The number of anilines is 3. The van der Waals surface area contributed by atoms with Crippen LogP contribution in [0.5, 0.6) is 0 Å². The summed E-state index contributed by atoms with van der Waals surface area (Å²) in [5, 5.41) is 6.45. The van der Waals surface area contributed by atoms with Crippen molar-refractivity contribution < 1.29 is 9.32 Å². The highest BCUT2D eigenvalue weighted by Gasteiger charge is 2.20. The number of aryl methyl sites for hydroxylation is 2. The summed E-state index contributed by atoms with van der Waals surface area (Å²) < 4.78 is 4.96. The lowest BCUT2D eigenvalue weighted by molar-refractivity contribution is 0.102. The number of rotatable bonds is 4. The number of piperazine rings is 1. The molecular formula is C20H22N6O2. The number of carbonyl (C=O) groups excluding carboxylic acids is 1. The van der Waals surface area contributed by atoms with Gasteiger partial charge in [0.2, 0.25) is 5.95 Å². The molecule has 0 atom stereocenters. The van der Waals surface area contributed by atoms with Crippen molar-refractivity contribution in [3.05, 3.63) is 59.6 Å². The van der Waals surface area contributed by atoms with Crippen LogP contribution in [-0.2, 0) is 0 Å². The van der Waals surface area contributed by atoms with E-state index in [0.29, 0.717) is 23.2 Å². The summed E-state index contributed by atoms with van der Waals surface area (Å²) in [4.78, 5) is 25.7. The third kappa shape index (κ3) is 3.95. The van der Waals surface area contributed by atoms with Crippen LogP contribution in [0.2, 0.25) is 0 Å². The van der Waals surface area contributed by atoms with Gasteiger partial charge in [0.25, 0.3) is 5.91 Å². The lowest BCUT2D eigenvalue weighted by Crippen LogP contribution is -2.47. The normalized spacial score (nSPS) is 14.2. The first kappa shape index (κ1) is 18.0. The minimum absolute atomic E-state index is 0.298. The van der Waals surface area contributed by atoms with Gasteiger partial charge in [-0.05, 0) is 37.6 Å². The number of hydrogen-bond acceptors (Lipinski definition) is 7. The highest BCUT2D eigenvalue weighted by Crippen LogP contribution is 2.19. The first-order valence-electron chi connectivity index (χ1n) is 9.23. The molecule has 8 heteroatoms. The van der Waals surface area contributed by atoms with Crippen LogP contribution in [0.15, 0.2) is 47.1 Å². The maximum atomic E-state index is 12.4. The highest BCUT2D eigenvalue weighted by molar-refractivity contribution is 6.02. The molecule has 1 amide bonds. The summed E-state index contributed by atoms with van der Waals surface area (Å²) in [7, 11) is 0. The predicted molar refractivity (Wildman–Crippen MR) is 107 cm³/mol. The van der Waals surface area contributed by atoms with Gasteiger partial charge in [0, 0.05) is 44.1 Å². The van der Waals surface area contributed by atoms with E-state index in [1.807, 2.05) is 0 Å². The van der Waals surface area contributed by atoms with Crippen LogP contribution in [0, 0.1) is 13.8 Å². The Morgan fingerprint density at radius 1 is 1.07 bits per heavy atom. The molecule has 28 heavy (non-hydrogen) atoms. The Morgan fingerprint density at radius 2 is 1.86 bits per heavy atom. The number of carbonyl (C=O) groups is 1. The standard InChI is InChI=1S/C20H22N6O2/c1-14-4-3-5-16(12-14)25-8-10-26(11-9-25)20-21-7-6-17(22-20)19(27)23-18-13-15(2)28-24-18/h3-7,12-13H,8-11H2,1-2H3,(H,23,24,27). The summed E-state index contributed by atoms with van der Waals surface area (Å²) in [6.45, 7) is 7.21. The van der Waals surface area contributed by atoms with Gasteiger partial charge in [-0.25, -0.2) is 9.97 Å². The molecule has 0 aliphatic carbocycles. The number of benzene rings is 1. The lowest BCUT2D eigenvalue weighted by Gasteiger charge is -2.36. The molecule has 0 unspecified atom stereocenters. The molecule has 0 saturated carbocycles. The maximum Gasteiger partial charge on any atom is 0.275 e. The first-order chi connectivity index (χ1) is 13.6. The monoisotopic (exact) mass is 378 g/mol. The molecule has 3 aromatic rings. The maximum absolute atomic E-state index is 12.4. The van der Waals surface area contributed by atoms with Gasteiger partial charge in [0.05, 0.1) is 0 Å². The van der Waals surface area contributed by atoms with Crippen LogP contribution in [0.25, 0.3) is 0 Å². The fourth-order valence-corrected chi connectivity index (χ4v) is 3.22. The SMILES string of the molecule is Cc1cccc(N2CCN(c3nccc(C(=O)Nc4cc(C)on4)n3)CC2)c1. The van der Waals surface area contributed by atoms with E-state index in [-0.39, 0.29) is 5.91 Å². The van der Waals surface area contributed by atoms with Gasteiger partial charge in [-0.3, -0.25) is 4.79 Å². The Hall–Kier alpha value is -3.42. The number of nitrogens with one attached hydrogen (secondary N) is 1. The Labute approximate surface area is 163 Å². The highest BCUT2D eigenvalue weighted by atomic mass is 16.5. The second-order valence-corrected chi connectivity index (χ2v) is 6.83. The van der Waals surface area contributed by atoms with Gasteiger partial charge in [-0.1, -0.05) is 17.3 Å². The van der Waals surface area contributed by atoms with Gasteiger partial charge in [-0.15, -0.1) is 0 Å². The van der Waals surface area contributed by atoms with E-state index in [2.05, 4.69) is 61.4 Å². The van der Waals surface area contributed by atoms with Crippen LogP contribution in [-0.4, -0.2) is 47.2 Å². The molecule has 2 aromatic heterocycles. The second kappa shape index (κ2) is 7.67. The van der Waals surface area contributed by atoms with Gasteiger partial charge in [-0.2, -0.15) is 0 Å². The van der Waals surface area contributed by atoms with E-state index in [9.17, 15) is 4.79 Å². The van der Waals surface area contributed by atoms with Crippen LogP contribution < -0.4 is 15.1 Å². The average molecular weight is 378 g/mol. The van der Waals surface area contributed by atoms with E-state index in [1.54, 1.807) is 25.3 Å². The Morgan fingerprint density at radius 3 is 2.57 bits per heavy atom. The van der Waals surface area contributed by atoms with Crippen LogP contribution in [0.1, 0.15) is 21.8 Å². The summed E-state index contributed by atoms with van der Waals surface area (Å²) in [6.07, 6.45) is 1.61. The minimum atomic E-state index is -0.338. The van der Waals surface area contributed by atoms with Crippen molar-refractivity contribution in [2.24, 2.45) is 0 Å². The lowest BCUT2D eigenvalue weighted by atomic mass is 10.2. The fourth-order valence-electron chi connectivity index (χ4n) is 3.22. The van der Waals surface area contributed by atoms with Crippen molar-refractivity contribution in [2.45, 2.75) is 13.8 Å². The third-order valence-corrected chi connectivity index (χ3v) is 4.67. The van der Waals surface area contributed by atoms with Gasteiger partial charge < -0.3 is 19.6 Å². The fraction of sp³-hybridized carbons (Fsp3) is 0.300. The van der Waals surface area contributed by atoms with Crippen molar-refractivity contribution in [1.82, 2.24) is 15.1 Å². The largest absolute Gasteiger partial charge is 0.368 e. The molecule has 1 saturated heterocycles. The van der Waals surface area contributed by atoms with E-state index >= 15 is 0 Å². The first-order valence-corrected chi connectivity index (χ1v) is 9.23. The zero-order chi connectivity index (χ0) is 19.5. The molecule has 4 rings (SSSR count). The van der Waals surface area contributed by atoms with Crippen molar-refractivity contribution in [2.75, 3.05) is 41.3 Å². The summed E-state index contributed by atoms with van der Waals surface area (Å²) in [6, 6.07) is 11.8. The molecular weight excluding hydrogens is 356 g/mol. The van der Waals surface area contributed by atoms with E-state index in [1.165, 1.54) is 11.3 Å². The summed E-state index contributed by atoms with van der Waals surface area (Å²) in [5.74, 6) is 1.22. The third-order valence-electron chi connectivity index (χ3n) is 4.67. The number of amides is 1.